The number of Topliss-reactive ketones (excluding diaryl/α,β-unsaturated/α-hetero) is 1. The molecule has 0 fully saturated rings. The molecule has 116 valence electrons. The molecule has 0 aliphatic heterocycles. The van der Waals surface area contributed by atoms with E-state index in [-0.39, 0.29) is 18.3 Å². The van der Waals surface area contributed by atoms with Crippen LogP contribution in [0.1, 0.15) is 17.3 Å². The minimum atomic E-state index is -0.285. The molecule has 23 heavy (non-hydrogen) atoms. The van der Waals surface area contributed by atoms with Gasteiger partial charge in [-0.3, -0.25) is 9.59 Å². The first-order chi connectivity index (χ1) is 11.1. The summed E-state index contributed by atoms with van der Waals surface area (Å²) in [6.07, 6.45) is 11.9. The van der Waals surface area contributed by atoms with Crippen molar-refractivity contribution in [3.05, 3.63) is 71.3 Å². The van der Waals surface area contributed by atoms with Crippen LogP contribution >= 0.6 is 0 Å². The van der Waals surface area contributed by atoms with E-state index in [4.69, 9.17) is 4.74 Å². The topological polar surface area (TPSA) is 55.4 Å². The third-order valence-corrected chi connectivity index (χ3v) is 3.12. The lowest BCUT2D eigenvalue weighted by Gasteiger charge is -2.07. The number of hydrogen-bond acceptors (Lipinski definition) is 3. The molecule has 0 bridgehead atoms. The van der Waals surface area contributed by atoms with Crippen molar-refractivity contribution in [1.29, 1.82) is 0 Å². The Kier molecular flexibility index (Phi) is 5.50. The summed E-state index contributed by atoms with van der Waals surface area (Å²) in [6, 6.07) is 3.38. The molecule has 1 N–H and O–H groups in total. The van der Waals surface area contributed by atoms with Crippen molar-refractivity contribution in [3.63, 3.8) is 0 Å². The first-order valence-electron chi connectivity index (χ1n) is 7.11. The molecule has 0 unspecified atom stereocenters. The van der Waals surface area contributed by atoms with Crippen LogP contribution in [0.5, 0.6) is 5.75 Å². The second-order valence-electron chi connectivity index (χ2n) is 4.77. The average molecular weight is 307 g/mol. The predicted molar refractivity (Wildman–Crippen MR) is 90.3 cm³/mol. The SMILES string of the molecule is C=C/C=C/NC(=O)COc1ccc(C(C)=O)c2c1=C=CC=CC=2. The molecule has 1 aromatic rings. The number of hydrogen-bond donors (Lipinski definition) is 1. The molecule has 4 nitrogen and oxygen atoms in total. The number of amides is 1. The summed E-state index contributed by atoms with van der Waals surface area (Å²) in [5.74, 6) is 0.185. The highest BCUT2D eigenvalue weighted by molar-refractivity contribution is 5.95. The number of rotatable bonds is 6. The van der Waals surface area contributed by atoms with Crippen LogP contribution in [0.2, 0.25) is 0 Å². The maximum atomic E-state index is 11.8. The Labute approximate surface area is 134 Å². The molecule has 4 heteroatoms. The quantitative estimate of drug-likeness (QED) is 0.638. The highest BCUT2D eigenvalue weighted by Gasteiger charge is 2.08. The molecule has 1 amide bonds. The van der Waals surface area contributed by atoms with Gasteiger partial charge in [-0.05, 0) is 31.2 Å². The van der Waals surface area contributed by atoms with E-state index in [1.807, 2.05) is 18.2 Å². The van der Waals surface area contributed by atoms with Crippen LogP contribution in [0.25, 0.3) is 11.8 Å². The summed E-state index contributed by atoms with van der Waals surface area (Å²) in [4.78, 5) is 23.4. The molecule has 0 saturated heterocycles. The average Bonchev–Trinajstić information content (AvgIpc) is 2.78. The number of benzene rings is 1. The van der Waals surface area contributed by atoms with Crippen molar-refractivity contribution in [2.75, 3.05) is 6.61 Å². The lowest BCUT2D eigenvalue weighted by molar-refractivity contribution is -0.122. The third kappa shape index (κ3) is 4.19. The Hall–Kier alpha value is -3.10. The van der Waals surface area contributed by atoms with Crippen LogP contribution in [0.3, 0.4) is 0 Å². The van der Waals surface area contributed by atoms with Gasteiger partial charge in [0.25, 0.3) is 5.91 Å². The van der Waals surface area contributed by atoms with Crippen molar-refractivity contribution in [2.24, 2.45) is 0 Å². The van der Waals surface area contributed by atoms with Crippen LogP contribution in [0.4, 0.5) is 0 Å². The van der Waals surface area contributed by atoms with Crippen LogP contribution in [-0.4, -0.2) is 18.3 Å². The van der Waals surface area contributed by atoms with Crippen LogP contribution in [-0.2, 0) is 4.79 Å². The van der Waals surface area contributed by atoms with Gasteiger partial charge in [0.05, 0.1) is 5.22 Å². The van der Waals surface area contributed by atoms with E-state index < -0.39 is 0 Å². The van der Waals surface area contributed by atoms with Crippen molar-refractivity contribution in [1.82, 2.24) is 5.32 Å². The van der Waals surface area contributed by atoms with E-state index in [1.54, 1.807) is 30.4 Å². The molecule has 0 heterocycles. The molecule has 0 saturated carbocycles. The van der Waals surface area contributed by atoms with Crippen LogP contribution in [0.15, 0.2) is 55.3 Å². The normalized spacial score (nSPS) is 11.9. The standard InChI is InChI=1S/C19H17NO3/c1-3-4-12-20-19(22)13-23-18-11-10-15(14(2)21)16-8-6-5-7-9-17(16)18/h3-8,10-12H,1,13H2,2H3,(H,20,22)/b12-4+. The summed E-state index contributed by atoms with van der Waals surface area (Å²) in [5.41, 5.74) is 3.68. The third-order valence-electron chi connectivity index (χ3n) is 3.12. The van der Waals surface area contributed by atoms with Crippen molar-refractivity contribution in [2.45, 2.75) is 6.92 Å². The minimum absolute atomic E-state index is 0.0338. The van der Waals surface area contributed by atoms with E-state index in [9.17, 15) is 9.59 Å². The van der Waals surface area contributed by atoms with Crippen molar-refractivity contribution >= 4 is 23.5 Å². The fourth-order valence-electron chi connectivity index (χ4n) is 2.08. The van der Waals surface area contributed by atoms with E-state index in [0.717, 1.165) is 5.22 Å². The predicted octanol–water partition coefficient (Wildman–Crippen LogP) is 1.37. The fourth-order valence-corrected chi connectivity index (χ4v) is 2.08. The highest BCUT2D eigenvalue weighted by Crippen LogP contribution is 2.04. The van der Waals surface area contributed by atoms with E-state index >= 15 is 0 Å². The summed E-state index contributed by atoms with van der Waals surface area (Å²) in [6.45, 7) is 4.89. The van der Waals surface area contributed by atoms with Gasteiger partial charge in [-0.1, -0.05) is 30.9 Å². The second kappa shape index (κ2) is 7.78. The number of carbonyl (C=O) groups excluding carboxylic acids is 2. The van der Waals surface area contributed by atoms with Gasteiger partial charge in [0.2, 0.25) is 0 Å². The largest absolute Gasteiger partial charge is 0.482 e. The Bertz CT molecular complexity index is 853. The minimum Gasteiger partial charge on any atom is -0.482 e. The molecule has 0 spiro atoms. The first kappa shape index (κ1) is 16.3. The lowest BCUT2D eigenvalue weighted by atomic mass is 10.1. The molecular weight excluding hydrogens is 290 g/mol. The Morgan fingerprint density at radius 3 is 2.91 bits per heavy atom. The van der Waals surface area contributed by atoms with Gasteiger partial charge in [-0.2, -0.15) is 0 Å². The molecule has 1 aliphatic rings. The molecule has 1 aromatic carbocycles. The molecule has 0 atom stereocenters. The summed E-state index contributed by atoms with van der Waals surface area (Å²) >= 11 is 0. The van der Waals surface area contributed by atoms with Gasteiger partial charge >= 0.3 is 0 Å². The van der Waals surface area contributed by atoms with Gasteiger partial charge in [-0.15, -0.1) is 5.73 Å². The van der Waals surface area contributed by atoms with Gasteiger partial charge in [0.1, 0.15) is 5.75 Å². The number of allylic oxidation sites excluding steroid dienone is 5. The van der Waals surface area contributed by atoms with Gasteiger partial charge in [0.15, 0.2) is 12.4 Å². The summed E-state index contributed by atoms with van der Waals surface area (Å²) < 4.78 is 5.57. The maximum Gasteiger partial charge on any atom is 0.261 e. The van der Waals surface area contributed by atoms with Crippen LogP contribution in [0, 0.1) is 0 Å². The number of ketones is 1. The Morgan fingerprint density at radius 1 is 1.35 bits per heavy atom. The van der Waals surface area contributed by atoms with Gasteiger partial charge in [0, 0.05) is 17.0 Å². The summed E-state index contributed by atoms with van der Waals surface area (Å²) in [5, 5.41) is 3.96. The smallest absolute Gasteiger partial charge is 0.261 e. The maximum absolute atomic E-state index is 11.8. The van der Waals surface area contributed by atoms with E-state index in [1.165, 1.54) is 13.1 Å². The molecule has 0 aromatic heterocycles. The Morgan fingerprint density at radius 2 is 2.17 bits per heavy atom. The molecule has 1 aliphatic carbocycles. The zero-order valence-corrected chi connectivity index (χ0v) is 12.8. The van der Waals surface area contributed by atoms with Gasteiger partial charge < -0.3 is 10.1 Å². The van der Waals surface area contributed by atoms with Crippen molar-refractivity contribution in [3.8, 4) is 5.75 Å². The van der Waals surface area contributed by atoms with E-state index in [0.29, 0.717) is 16.5 Å². The zero-order valence-electron chi connectivity index (χ0n) is 12.8. The number of fused-ring (bicyclic) bond motifs is 1. The number of nitrogens with one attached hydrogen (secondary N) is 1. The lowest BCUT2D eigenvalue weighted by Crippen LogP contribution is -2.33. The monoisotopic (exact) mass is 307 g/mol. The second-order valence-corrected chi connectivity index (χ2v) is 4.77. The fraction of sp³-hybridized carbons (Fsp3) is 0.105. The van der Waals surface area contributed by atoms with Crippen molar-refractivity contribution < 1.29 is 14.3 Å². The summed E-state index contributed by atoms with van der Waals surface area (Å²) in [7, 11) is 0. The Balaban J connectivity index is 2.31. The van der Waals surface area contributed by atoms with Gasteiger partial charge in [-0.25, -0.2) is 0 Å². The zero-order chi connectivity index (χ0) is 16.7. The van der Waals surface area contributed by atoms with Crippen LogP contribution < -0.4 is 20.5 Å². The highest BCUT2D eigenvalue weighted by atomic mass is 16.5. The van der Waals surface area contributed by atoms with E-state index in [2.05, 4.69) is 17.6 Å². The molecule has 0 radical (unpaired) electrons. The molecular formula is C19H17NO3. The number of carbonyl (C=O) groups is 2. The first-order valence-corrected chi connectivity index (χ1v) is 7.11. The number of ether oxygens (including phenoxy) is 1. The molecule has 2 rings (SSSR count).